The van der Waals surface area contributed by atoms with Gasteiger partial charge >= 0.3 is 0 Å². The van der Waals surface area contributed by atoms with E-state index in [-0.39, 0.29) is 23.3 Å². The quantitative estimate of drug-likeness (QED) is 0.627. The van der Waals surface area contributed by atoms with Crippen LogP contribution in [0, 0.1) is 5.82 Å². The first kappa shape index (κ1) is 17.1. The van der Waals surface area contributed by atoms with Gasteiger partial charge in [-0.05, 0) is 51.2 Å². The summed E-state index contributed by atoms with van der Waals surface area (Å²) >= 11 is 0. The maximum Gasteiger partial charge on any atom is 0.256 e. The van der Waals surface area contributed by atoms with Gasteiger partial charge in [0.15, 0.2) is 5.65 Å². The van der Waals surface area contributed by atoms with E-state index in [1.54, 1.807) is 23.0 Å². The van der Waals surface area contributed by atoms with Crippen molar-refractivity contribution in [1.82, 2.24) is 24.9 Å². The summed E-state index contributed by atoms with van der Waals surface area (Å²) in [6.07, 6.45) is 8.79. The summed E-state index contributed by atoms with van der Waals surface area (Å²) in [6.45, 7) is 1.96. The number of aromatic nitrogens is 4. The largest absolute Gasteiger partial charge is 0.360 e. The molecule has 1 atom stereocenters. The van der Waals surface area contributed by atoms with Crippen LogP contribution in [0.5, 0.6) is 0 Å². The second-order valence-corrected chi connectivity index (χ2v) is 7.76. The Morgan fingerprint density at radius 2 is 2.18 bits per heavy atom. The second-order valence-electron chi connectivity index (χ2n) is 7.76. The van der Waals surface area contributed by atoms with Crippen LogP contribution < -0.4 is 10.6 Å². The minimum absolute atomic E-state index is 0.0589. The molecule has 144 valence electrons. The van der Waals surface area contributed by atoms with E-state index in [0.717, 1.165) is 30.5 Å². The topological polar surface area (TPSA) is 84.2 Å². The number of hydrogen-bond donors (Lipinski definition) is 2. The molecule has 0 saturated heterocycles. The Morgan fingerprint density at radius 1 is 1.32 bits per heavy atom. The SMILES string of the molecule is CC1CCc2ncc(F)cc2C2(CCC2)Nc2ccn3ncc(c3n2)C(=O)N1. The van der Waals surface area contributed by atoms with Crippen LogP contribution in [0.1, 0.15) is 54.2 Å². The average molecular weight is 380 g/mol. The fraction of sp³-hybridized carbons (Fsp3) is 0.400. The molecule has 1 unspecified atom stereocenters. The fourth-order valence-electron chi connectivity index (χ4n) is 4.14. The zero-order chi connectivity index (χ0) is 19.3. The van der Waals surface area contributed by atoms with E-state index >= 15 is 0 Å². The molecule has 3 aromatic heterocycles. The first-order valence-corrected chi connectivity index (χ1v) is 9.62. The normalized spacial score (nSPS) is 21.1. The van der Waals surface area contributed by atoms with Crippen molar-refractivity contribution in [3.05, 3.63) is 53.4 Å². The van der Waals surface area contributed by atoms with Gasteiger partial charge in [-0.3, -0.25) is 9.78 Å². The molecule has 5 rings (SSSR count). The summed E-state index contributed by atoms with van der Waals surface area (Å²) < 4.78 is 15.7. The Kier molecular flexibility index (Phi) is 3.82. The van der Waals surface area contributed by atoms with E-state index in [0.29, 0.717) is 29.9 Å². The number of amides is 1. The fourth-order valence-corrected chi connectivity index (χ4v) is 4.14. The van der Waals surface area contributed by atoms with Crippen molar-refractivity contribution in [3.63, 3.8) is 0 Å². The molecule has 2 aliphatic rings. The van der Waals surface area contributed by atoms with Crippen molar-refractivity contribution in [2.24, 2.45) is 0 Å². The van der Waals surface area contributed by atoms with Crippen LogP contribution in [0.4, 0.5) is 10.2 Å². The van der Waals surface area contributed by atoms with Gasteiger partial charge in [0.2, 0.25) is 0 Å². The number of pyridine rings is 1. The minimum atomic E-state index is -0.384. The first-order chi connectivity index (χ1) is 13.5. The van der Waals surface area contributed by atoms with E-state index in [4.69, 9.17) is 0 Å². The van der Waals surface area contributed by atoms with Crippen LogP contribution in [-0.2, 0) is 12.0 Å². The van der Waals surface area contributed by atoms with Crippen molar-refractivity contribution in [3.8, 4) is 0 Å². The maximum atomic E-state index is 14.1. The summed E-state index contributed by atoms with van der Waals surface area (Å²) in [5.41, 5.74) is 2.33. The molecule has 1 fully saturated rings. The molecular weight excluding hydrogens is 359 g/mol. The third-order valence-electron chi connectivity index (χ3n) is 5.83. The summed E-state index contributed by atoms with van der Waals surface area (Å²) in [4.78, 5) is 21.7. The van der Waals surface area contributed by atoms with Crippen LogP contribution in [-0.4, -0.2) is 31.5 Å². The highest BCUT2D eigenvalue weighted by molar-refractivity contribution is 5.99. The van der Waals surface area contributed by atoms with Crippen molar-refractivity contribution in [2.45, 2.75) is 50.6 Å². The summed E-state index contributed by atoms with van der Waals surface area (Å²) in [5.74, 6) is 0.111. The number of anilines is 1. The summed E-state index contributed by atoms with van der Waals surface area (Å²) in [5, 5.41) is 10.8. The number of halogens is 1. The molecule has 2 bridgehead atoms. The lowest BCUT2D eigenvalue weighted by Crippen LogP contribution is -2.43. The number of fused-ring (bicyclic) bond motifs is 3. The smallest absolute Gasteiger partial charge is 0.256 e. The molecule has 2 N–H and O–H groups in total. The molecule has 8 heteroatoms. The van der Waals surface area contributed by atoms with E-state index < -0.39 is 0 Å². The van der Waals surface area contributed by atoms with Crippen molar-refractivity contribution in [1.29, 1.82) is 0 Å². The van der Waals surface area contributed by atoms with E-state index in [2.05, 4.69) is 25.7 Å². The molecular formula is C20H21FN6O. The number of nitrogens with zero attached hydrogens (tertiary/aromatic N) is 4. The van der Waals surface area contributed by atoms with Gasteiger partial charge in [-0.1, -0.05) is 0 Å². The molecule has 1 spiro atoms. The van der Waals surface area contributed by atoms with Crippen LogP contribution in [0.2, 0.25) is 0 Å². The highest BCUT2D eigenvalue weighted by Gasteiger charge is 2.41. The standard InChI is InChI=1S/C20H21FN6O/c1-12-3-4-16-15(9-13(21)10-22-16)20(6-2-7-20)26-17-5-8-27-18(25-17)14(11-23-27)19(28)24-12/h5,8-12H,2-4,6-7H2,1H3,(H,24,28)(H,25,26). The van der Waals surface area contributed by atoms with Gasteiger partial charge in [-0.25, -0.2) is 13.9 Å². The predicted octanol–water partition coefficient (Wildman–Crippen LogP) is 2.82. The zero-order valence-electron chi connectivity index (χ0n) is 15.6. The molecule has 7 nitrogen and oxygen atoms in total. The number of carbonyl (C=O) groups is 1. The van der Waals surface area contributed by atoms with Gasteiger partial charge < -0.3 is 10.6 Å². The summed E-state index contributed by atoms with van der Waals surface area (Å²) in [6, 6.07) is 3.37. The Hall–Kier alpha value is -3.03. The third kappa shape index (κ3) is 2.71. The van der Waals surface area contributed by atoms with E-state index in [9.17, 15) is 9.18 Å². The molecule has 0 radical (unpaired) electrons. The third-order valence-corrected chi connectivity index (χ3v) is 5.83. The molecule has 1 amide bonds. The number of nitrogens with one attached hydrogen (secondary N) is 2. The predicted molar refractivity (Wildman–Crippen MR) is 102 cm³/mol. The molecule has 28 heavy (non-hydrogen) atoms. The van der Waals surface area contributed by atoms with Gasteiger partial charge in [-0.2, -0.15) is 5.10 Å². The van der Waals surface area contributed by atoms with Gasteiger partial charge in [0, 0.05) is 23.5 Å². The van der Waals surface area contributed by atoms with Gasteiger partial charge in [0.05, 0.1) is 17.9 Å². The van der Waals surface area contributed by atoms with Crippen molar-refractivity contribution >= 4 is 17.4 Å². The van der Waals surface area contributed by atoms with Crippen LogP contribution in [0.25, 0.3) is 5.65 Å². The Bertz CT molecular complexity index is 1070. The number of aryl methyl sites for hydroxylation is 1. The van der Waals surface area contributed by atoms with Gasteiger partial charge in [0.1, 0.15) is 17.2 Å². The van der Waals surface area contributed by atoms with E-state index in [1.165, 1.54) is 6.20 Å². The van der Waals surface area contributed by atoms with Crippen LogP contribution in [0.3, 0.4) is 0 Å². The van der Waals surface area contributed by atoms with Crippen molar-refractivity contribution in [2.75, 3.05) is 5.32 Å². The number of hydrogen-bond acceptors (Lipinski definition) is 5. The summed E-state index contributed by atoms with van der Waals surface area (Å²) in [7, 11) is 0. The average Bonchev–Trinajstić information content (AvgIpc) is 3.06. The Balaban J connectivity index is 1.67. The monoisotopic (exact) mass is 380 g/mol. The molecule has 3 aromatic rings. The highest BCUT2D eigenvalue weighted by Crippen LogP contribution is 2.45. The van der Waals surface area contributed by atoms with Gasteiger partial charge in [-0.15, -0.1) is 0 Å². The van der Waals surface area contributed by atoms with Crippen LogP contribution in [0.15, 0.2) is 30.7 Å². The lowest BCUT2D eigenvalue weighted by molar-refractivity contribution is 0.0940. The molecule has 1 saturated carbocycles. The Labute approximate surface area is 161 Å². The molecule has 4 heterocycles. The first-order valence-electron chi connectivity index (χ1n) is 9.62. The maximum absolute atomic E-state index is 14.1. The van der Waals surface area contributed by atoms with E-state index in [1.807, 2.05) is 13.0 Å². The Morgan fingerprint density at radius 3 is 2.96 bits per heavy atom. The van der Waals surface area contributed by atoms with Crippen molar-refractivity contribution < 1.29 is 9.18 Å². The van der Waals surface area contributed by atoms with Crippen LogP contribution >= 0.6 is 0 Å². The minimum Gasteiger partial charge on any atom is -0.360 e. The highest BCUT2D eigenvalue weighted by atomic mass is 19.1. The number of rotatable bonds is 0. The lowest BCUT2D eigenvalue weighted by Gasteiger charge is -2.44. The second kappa shape index (κ2) is 6.25. The molecule has 1 aliphatic carbocycles. The molecule has 1 aliphatic heterocycles. The molecule has 0 aromatic carbocycles. The number of carbonyl (C=O) groups excluding carboxylic acids is 1. The van der Waals surface area contributed by atoms with Gasteiger partial charge in [0.25, 0.3) is 5.91 Å². The zero-order valence-corrected chi connectivity index (χ0v) is 15.6. The lowest BCUT2D eigenvalue weighted by atomic mass is 9.70.